The van der Waals surface area contributed by atoms with Crippen LogP contribution in [0.1, 0.15) is 5.56 Å². The van der Waals surface area contributed by atoms with Crippen LogP contribution in [0.15, 0.2) is 42.7 Å². The van der Waals surface area contributed by atoms with E-state index in [2.05, 4.69) is 39.3 Å². The smallest absolute Gasteiger partial charge is 0.162 e. The number of nitrogens with zero attached hydrogens (tertiary/aromatic N) is 2. The number of ether oxygens (including phenoxy) is 2. The number of anilines is 2. The fourth-order valence-electron chi connectivity index (χ4n) is 2.98. The van der Waals surface area contributed by atoms with E-state index < -0.39 is 0 Å². The van der Waals surface area contributed by atoms with Crippen LogP contribution in [0.25, 0.3) is 21.9 Å². The Labute approximate surface area is 144 Å². The monoisotopic (exact) mass is 334 g/mol. The molecule has 2 N–H and O–H groups in total. The Morgan fingerprint density at radius 2 is 1.80 bits per heavy atom. The number of H-pyrrole nitrogens is 1. The summed E-state index contributed by atoms with van der Waals surface area (Å²) in [5.74, 6) is 2.06. The first-order valence-corrected chi connectivity index (χ1v) is 7.91. The summed E-state index contributed by atoms with van der Waals surface area (Å²) in [5.41, 5.74) is 4.76. The van der Waals surface area contributed by atoms with E-state index >= 15 is 0 Å². The Balaban J connectivity index is 1.89. The number of nitrogens with one attached hydrogen (secondary N) is 2. The largest absolute Gasteiger partial charge is 0.493 e. The van der Waals surface area contributed by atoms with E-state index in [1.165, 1.54) is 5.56 Å². The van der Waals surface area contributed by atoms with Crippen LogP contribution in [0.3, 0.4) is 0 Å². The molecular formula is C19H18N4O2. The summed E-state index contributed by atoms with van der Waals surface area (Å²) in [6, 6.07) is 12.0. The normalized spacial score (nSPS) is 11.0. The predicted molar refractivity (Wildman–Crippen MR) is 99.0 cm³/mol. The van der Waals surface area contributed by atoms with Crippen LogP contribution >= 0.6 is 0 Å². The first-order chi connectivity index (χ1) is 12.2. The molecular weight excluding hydrogens is 316 g/mol. The molecule has 0 aliphatic rings. The number of aromatic nitrogens is 3. The number of fused-ring (bicyclic) bond motifs is 3. The maximum absolute atomic E-state index is 5.40. The number of aryl methyl sites for hydroxylation is 1. The number of rotatable bonds is 4. The van der Waals surface area contributed by atoms with Gasteiger partial charge >= 0.3 is 0 Å². The first-order valence-electron chi connectivity index (χ1n) is 7.91. The van der Waals surface area contributed by atoms with Crippen molar-refractivity contribution >= 4 is 33.4 Å². The lowest BCUT2D eigenvalue weighted by Gasteiger charge is -2.07. The van der Waals surface area contributed by atoms with Crippen LogP contribution < -0.4 is 14.8 Å². The Kier molecular flexibility index (Phi) is 3.65. The Morgan fingerprint density at radius 1 is 1.00 bits per heavy atom. The summed E-state index contributed by atoms with van der Waals surface area (Å²) >= 11 is 0. The molecule has 4 aromatic rings. The SMILES string of the molecule is COc1cc2[nH]c3c(Nc4cccc(C)c4)ncnc3c2cc1OC. The number of hydrogen-bond donors (Lipinski definition) is 2. The fraction of sp³-hybridized carbons (Fsp3) is 0.158. The van der Waals surface area contributed by atoms with Gasteiger partial charge in [0.15, 0.2) is 17.3 Å². The van der Waals surface area contributed by atoms with Crippen LogP contribution in [-0.4, -0.2) is 29.2 Å². The lowest BCUT2D eigenvalue weighted by Crippen LogP contribution is -1.95. The molecule has 6 heteroatoms. The molecule has 25 heavy (non-hydrogen) atoms. The van der Waals surface area contributed by atoms with Gasteiger partial charge in [-0.1, -0.05) is 12.1 Å². The highest BCUT2D eigenvalue weighted by molar-refractivity contribution is 6.09. The number of benzene rings is 2. The molecule has 2 aromatic heterocycles. The van der Waals surface area contributed by atoms with E-state index in [4.69, 9.17) is 9.47 Å². The third kappa shape index (κ3) is 2.61. The van der Waals surface area contributed by atoms with Crippen molar-refractivity contribution in [3.05, 3.63) is 48.3 Å². The lowest BCUT2D eigenvalue weighted by atomic mass is 10.2. The molecule has 0 aliphatic carbocycles. The average molecular weight is 334 g/mol. The van der Waals surface area contributed by atoms with Gasteiger partial charge in [0.25, 0.3) is 0 Å². The molecule has 0 amide bonds. The third-order valence-corrected chi connectivity index (χ3v) is 4.17. The molecule has 4 rings (SSSR count). The summed E-state index contributed by atoms with van der Waals surface area (Å²) in [7, 11) is 3.25. The summed E-state index contributed by atoms with van der Waals surface area (Å²) in [4.78, 5) is 12.2. The van der Waals surface area contributed by atoms with Crippen LogP contribution in [0.4, 0.5) is 11.5 Å². The van der Waals surface area contributed by atoms with Gasteiger partial charge in [0, 0.05) is 17.1 Å². The molecule has 0 spiro atoms. The topological polar surface area (TPSA) is 72.1 Å². The molecule has 0 saturated heterocycles. The summed E-state index contributed by atoms with van der Waals surface area (Å²) in [6.45, 7) is 2.06. The minimum absolute atomic E-state index is 0.669. The highest BCUT2D eigenvalue weighted by atomic mass is 16.5. The van der Waals surface area contributed by atoms with E-state index in [1.807, 2.05) is 24.3 Å². The van der Waals surface area contributed by atoms with Crippen molar-refractivity contribution in [3.8, 4) is 11.5 Å². The van der Waals surface area contributed by atoms with Crippen molar-refractivity contribution in [1.82, 2.24) is 15.0 Å². The number of hydrogen-bond acceptors (Lipinski definition) is 5. The van der Waals surface area contributed by atoms with E-state index in [9.17, 15) is 0 Å². The molecule has 6 nitrogen and oxygen atoms in total. The zero-order chi connectivity index (χ0) is 17.4. The molecule has 0 fully saturated rings. The van der Waals surface area contributed by atoms with Gasteiger partial charge < -0.3 is 19.8 Å². The maximum atomic E-state index is 5.40. The minimum atomic E-state index is 0.669. The van der Waals surface area contributed by atoms with Gasteiger partial charge in [-0.05, 0) is 30.7 Å². The second-order valence-corrected chi connectivity index (χ2v) is 5.82. The molecule has 0 saturated carbocycles. The minimum Gasteiger partial charge on any atom is -0.493 e. The van der Waals surface area contributed by atoms with Crippen molar-refractivity contribution in [2.75, 3.05) is 19.5 Å². The van der Waals surface area contributed by atoms with Crippen molar-refractivity contribution in [3.63, 3.8) is 0 Å². The van der Waals surface area contributed by atoms with Crippen molar-refractivity contribution in [1.29, 1.82) is 0 Å². The van der Waals surface area contributed by atoms with Gasteiger partial charge in [0.2, 0.25) is 0 Å². The van der Waals surface area contributed by atoms with Crippen molar-refractivity contribution in [2.45, 2.75) is 6.92 Å². The van der Waals surface area contributed by atoms with Crippen LogP contribution in [0, 0.1) is 6.92 Å². The van der Waals surface area contributed by atoms with Crippen molar-refractivity contribution < 1.29 is 9.47 Å². The molecule has 0 unspecified atom stereocenters. The van der Waals surface area contributed by atoms with E-state index in [1.54, 1.807) is 20.5 Å². The molecule has 0 radical (unpaired) electrons. The Bertz CT molecular complexity index is 1070. The van der Waals surface area contributed by atoms with Crippen LogP contribution in [0.5, 0.6) is 11.5 Å². The molecule has 2 heterocycles. The molecule has 0 atom stereocenters. The van der Waals surface area contributed by atoms with Gasteiger partial charge in [-0.15, -0.1) is 0 Å². The summed E-state index contributed by atoms with van der Waals surface area (Å²) in [6.07, 6.45) is 1.56. The Morgan fingerprint density at radius 3 is 2.56 bits per heavy atom. The van der Waals surface area contributed by atoms with Gasteiger partial charge in [0.05, 0.1) is 19.7 Å². The zero-order valence-electron chi connectivity index (χ0n) is 14.3. The number of methoxy groups -OCH3 is 2. The standard InChI is InChI=1S/C19H18N4O2/c1-11-5-4-6-12(7-11)22-19-18-17(20-10-21-19)13-8-15(24-2)16(25-3)9-14(13)23-18/h4-10,23H,1-3H3,(H,20,21,22). The van der Waals surface area contributed by atoms with Crippen LogP contribution in [-0.2, 0) is 0 Å². The summed E-state index contributed by atoms with van der Waals surface area (Å²) in [5, 5.41) is 4.32. The second kappa shape index (κ2) is 5.98. The summed E-state index contributed by atoms with van der Waals surface area (Å²) < 4.78 is 10.8. The first kappa shape index (κ1) is 15.3. The highest BCUT2D eigenvalue weighted by Crippen LogP contribution is 2.36. The second-order valence-electron chi connectivity index (χ2n) is 5.82. The van der Waals surface area contributed by atoms with Crippen molar-refractivity contribution in [2.24, 2.45) is 0 Å². The highest BCUT2D eigenvalue weighted by Gasteiger charge is 2.14. The average Bonchev–Trinajstić information content (AvgIpc) is 2.99. The van der Waals surface area contributed by atoms with E-state index in [-0.39, 0.29) is 0 Å². The van der Waals surface area contributed by atoms with E-state index in [0.717, 1.165) is 33.4 Å². The maximum Gasteiger partial charge on any atom is 0.162 e. The third-order valence-electron chi connectivity index (χ3n) is 4.17. The van der Waals surface area contributed by atoms with Gasteiger partial charge in [-0.2, -0.15) is 0 Å². The van der Waals surface area contributed by atoms with E-state index in [0.29, 0.717) is 11.5 Å². The molecule has 2 aromatic carbocycles. The molecule has 0 aliphatic heterocycles. The van der Waals surface area contributed by atoms with Gasteiger partial charge in [-0.3, -0.25) is 0 Å². The van der Waals surface area contributed by atoms with Gasteiger partial charge in [0.1, 0.15) is 17.4 Å². The predicted octanol–water partition coefficient (Wildman–Crippen LogP) is 4.18. The Hall–Kier alpha value is -3.28. The van der Waals surface area contributed by atoms with Crippen LogP contribution in [0.2, 0.25) is 0 Å². The fourth-order valence-corrected chi connectivity index (χ4v) is 2.98. The molecule has 0 bridgehead atoms. The lowest BCUT2D eigenvalue weighted by molar-refractivity contribution is 0.356. The van der Waals surface area contributed by atoms with Gasteiger partial charge in [-0.25, -0.2) is 9.97 Å². The quantitative estimate of drug-likeness (QED) is 0.586. The zero-order valence-corrected chi connectivity index (χ0v) is 14.3. The number of aromatic amines is 1. The molecule has 126 valence electrons.